The fourth-order valence-electron chi connectivity index (χ4n) is 3.62. The summed E-state index contributed by atoms with van der Waals surface area (Å²) in [6.07, 6.45) is 0.744. The Labute approximate surface area is 179 Å². The topological polar surface area (TPSA) is 69.7 Å². The van der Waals surface area contributed by atoms with Gasteiger partial charge in [0, 0.05) is 31.7 Å². The van der Waals surface area contributed by atoms with Crippen LogP contribution in [0.15, 0.2) is 47.4 Å². The lowest BCUT2D eigenvalue weighted by Crippen LogP contribution is -2.47. The summed E-state index contributed by atoms with van der Waals surface area (Å²) in [7, 11) is -1.63. The minimum atomic E-state index is -3.61. The molecule has 1 amide bonds. The Bertz CT molecular complexity index is 1010. The Balaban J connectivity index is 1.79. The van der Waals surface area contributed by atoms with E-state index in [1.54, 1.807) is 18.2 Å². The van der Waals surface area contributed by atoms with Crippen LogP contribution in [0.25, 0.3) is 0 Å². The molecule has 2 aromatic rings. The zero-order chi connectivity index (χ0) is 21.9. The number of nitrogens with zero attached hydrogens (tertiary/aromatic N) is 2. The molecule has 1 aliphatic rings. The molecule has 3 rings (SSSR count). The van der Waals surface area contributed by atoms with E-state index in [-0.39, 0.29) is 16.8 Å². The molecule has 30 heavy (non-hydrogen) atoms. The number of rotatable bonds is 6. The number of hydrogen-bond donors (Lipinski definition) is 1. The normalized spacial score (nSPS) is 16.9. The van der Waals surface area contributed by atoms with Crippen LogP contribution in [0.1, 0.15) is 46.4 Å². The van der Waals surface area contributed by atoms with Crippen LogP contribution < -0.4 is 5.32 Å². The molecule has 0 aromatic heterocycles. The number of carbonyl (C=O) groups is 1. The molecule has 1 aliphatic heterocycles. The first kappa shape index (κ1) is 22.5. The van der Waals surface area contributed by atoms with Crippen molar-refractivity contribution in [2.75, 3.05) is 33.2 Å². The fourth-order valence-corrected chi connectivity index (χ4v) is 5.09. The Kier molecular flexibility index (Phi) is 6.95. The second-order valence-corrected chi connectivity index (χ2v) is 9.95. The molecular formula is C23H31N3O3S. The average Bonchev–Trinajstić information content (AvgIpc) is 2.74. The van der Waals surface area contributed by atoms with Gasteiger partial charge >= 0.3 is 0 Å². The smallest absolute Gasteiger partial charge is 0.251 e. The Hall–Kier alpha value is -2.22. The predicted molar refractivity (Wildman–Crippen MR) is 119 cm³/mol. The number of aryl methyl sites for hydroxylation is 2. The molecule has 0 aliphatic carbocycles. The van der Waals surface area contributed by atoms with Crippen LogP contribution in [-0.4, -0.2) is 56.8 Å². The van der Waals surface area contributed by atoms with Crippen LogP contribution in [0.3, 0.4) is 0 Å². The molecule has 1 heterocycles. The molecule has 162 valence electrons. The summed E-state index contributed by atoms with van der Waals surface area (Å²) in [5, 5.41) is 3.06. The molecule has 0 unspecified atom stereocenters. The van der Waals surface area contributed by atoms with E-state index in [1.807, 2.05) is 20.0 Å². The van der Waals surface area contributed by atoms with Crippen molar-refractivity contribution in [3.05, 3.63) is 64.7 Å². The van der Waals surface area contributed by atoms with Crippen LogP contribution in [0.5, 0.6) is 0 Å². The average molecular weight is 430 g/mol. The number of likely N-dealkylation sites (N-methyl/N-ethyl adjacent to an activating group) is 1. The van der Waals surface area contributed by atoms with Gasteiger partial charge in [0.2, 0.25) is 10.0 Å². The number of carbonyl (C=O) groups excluding carboxylic acids is 1. The molecule has 1 N–H and O–H groups in total. The van der Waals surface area contributed by atoms with E-state index in [9.17, 15) is 13.2 Å². The van der Waals surface area contributed by atoms with E-state index < -0.39 is 10.0 Å². The van der Waals surface area contributed by atoms with E-state index in [1.165, 1.54) is 21.5 Å². The molecule has 1 saturated heterocycles. The number of hydrogen-bond acceptors (Lipinski definition) is 4. The van der Waals surface area contributed by atoms with Gasteiger partial charge in [-0.2, -0.15) is 4.31 Å². The third kappa shape index (κ3) is 4.91. The standard InChI is InChI=1S/C23H31N3O3S/c1-5-22(19-10-9-17(2)18(3)15-19)24-23(27)20-7-6-8-21(16-20)30(28,29)26-13-11-25(4)12-14-26/h6-10,15-16,22H,5,11-14H2,1-4H3,(H,24,27)/t22-/m0/s1. The lowest BCUT2D eigenvalue weighted by atomic mass is 9.99. The summed E-state index contributed by atoms with van der Waals surface area (Å²) in [6.45, 7) is 8.46. The first-order valence-corrected chi connectivity index (χ1v) is 11.8. The van der Waals surface area contributed by atoms with Gasteiger partial charge in [0.05, 0.1) is 10.9 Å². The van der Waals surface area contributed by atoms with Gasteiger partial charge in [-0.3, -0.25) is 4.79 Å². The van der Waals surface area contributed by atoms with Gasteiger partial charge < -0.3 is 10.2 Å². The first-order chi connectivity index (χ1) is 14.2. The Morgan fingerprint density at radius 3 is 2.37 bits per heavy atom. The van der Waals surface area contributed by atoms with E-state index in [0.717, 1.165) is 12.0 Å². The molecule has 0 bridgehead atoms. The zero-order valence-corrected chi connectivity index (χ0v) is 19.0. The van der Waals surface area contributed by atoms with Crippen molar-refractivity contribution in [2.45, 2.75) is 38.1 Å². The highest BCUT2D eigenvalue weighted by atomic mass is 32.2. The van der Waals surface area contributed by atoms with Crippen molar-refractivity contribution in [1.29, 1.82) is 0 Å². The minimum Gasteiger partial charge on any atom is -0.345 e. The van der Waals surface area contributed by atoms with Crippen molar-refractivity contribution in [1.82, 2.24) is 14.5 Å². The van der Waals surface area contributed by atoms with Crippen molar-refractivity contribution < 1.29 is 13.2 Å². The summed E-state index contributed by atoms with van der Waals surface area (Å²) in [4.78, 5) is 15.2. The molecule has 0 radical (unpaired) electrons. The Morgan fingerprint density at radius 1 is 1.03 bits per heavy atom. The van der Waals surface area contributed by atoms with Crippen LogP contribution in [0.4, 0.5) is 0 Å². The monoisotopic (exact) mass is 429 g/mol. The van der Waals surface area contributed by atoms with Crippen LogP contribution in [-0.2, 0) is 10.0 Å². The fraction of sp³-hybridized carbons (Fsp3) is 0.435. The third-order valence-electron chi connectivity index (χ3n) is 5.84. The van der Waals surface area contributed by atoms with Gasteiger partial charge in [0.1, 0.15) is 0 Å². The largest absolute Gasteiger partial charge is 0.345 e. The molecule has 7 heteroatoms. The summed E-state index contributed by atoms with van der Waals surface area (Å²) in [5.41, 5.74) is 3.80. The third-order valence-corrected chi connectivity index (χ3v) is 7.74. The van der Waals surface area contributed by atoms with Gasteiger partial charge in [-0.05, 0) is 62.2 Å². The van der Waals surface area contributed by atoms with Gasteiger partial charge in [-0.1, -0.05) is 31.2 Å². The van der Waals surface area contributed by atoms with Crippen molar-refractivity contribution in [2.24, 2.45) is 0 Å². The summed E-state index contributed by atoms with van der Waals surface area (Å²) >= 11 is 0. The highest BCUT2D eigenvalue weighted by Gasteiger charge is 2.28. The zero-order valence-electron chi connectivity index (χ0n) is 18.2. The second-order valence-electron chi connectivity index (χ2n) is 8.01. The maximum absolute atomic E-state index is 13.0. The molecule has 1 atom stereocenters. The van der Waals surface area contributed by atoms with Gasteiger partial charge in [0.25, 0.3) is 5.91 Å². The summed E-state index contributed by atoms with van der Waals surface area (Å²) in [6, 6.07) is 12.4. The number of nitrogens with one attached hydrogen (secondary N) is 1. The van der Waals surface area contributed by atoms with Crippen molar-refractivity contribution >= 4 is 15.9 Å². The van der Waals surface area contributed by atoms with E-state index in [0.29, 0.717) is 31.7 Å². The minimum absolute atomic E-state index is 0.130. The van der Waals surface area contributed by atoms with Crippen LogP contribution in [0.2, 0.25) is 0 Å². The molecule has 6 nitrogen and oxygen atoms in total. The number of amides is 1. The Morgan fingerprint density at radius 2 is 1.73 bits per heavy atom. The van der Waals surface area contributed by atoms with Gasteiger partial charge in [-0.15, -0.1) is 0 Å². The highest BCUT2D eigenvalue weighted by molar-refractivity contribution is 7.89. The summed E-state index contributed by atoms with van der Waals surface area (Å²) < 4.78 is 27.5. The highest BCUT2D eigenvalue weighted by Crippen LogP contribution is 2.22. The number of sulfonamides is 1. The second kappa shape index (κ2) is 9.29. The van der Waals surface area contributed by atoms with Crippen molar-refractivity contribution in [3.63, 3.8) is 0 Å². The molecular weight excluding hydrogens is 398 g/mol. The number of benzene rings is 2. The van der Waals surface area contributed by atoms with E-state index >= 15 is 0 Å². The lowest BCUT2D eigenvalue weighted by Gasteiger charge is -2.31. The van der Waals surface area contributed by atoms with Crippen molar-refractivity contribution in [3.8, 4) is 0 Å². The van der Waals surface area contributed by atoms with E-state index in [4.69, 9.17) is 0 Å². The maximum atomic E-state index is 13.0. The SMILES string of the molecule is CC[C@H](NC(=O)c1cccc(S(=O)(=O)N2CCN(C)CC2)c1)c1ccc(C)c(C)c1. The molecule has 0 saturated carbocycles. The van der Waals surface area contributed by atoms with Crippen LogP contribution in [0, 0.1) is 13.8 Å². The summed E-state index contributed by atoms with van der Waals surface area (Å²) in [5.74, 6) is -0.268. The lowest BCUT2D eigenvalue weighted by molar-refractivity contribution is 0.0935. The van der Waals surface area contributed by atoms with Gasteiger partial charge in [-0.25, -0.2) is 8.42 Å². The van der Waals surface area contributed by atoms with E-state index in [2.05, 4.69) is 36.2 Å². The number of piperazine rings is 1. The first-order valence-electron chi connectivity index (χ1n) is 10.4. The molecule has 0 spiro atoms. The predicted octanol–water partition coefficient (Wildman–Crippen LogP) is 3.12. The van der Waals surface area contributed by atoms with Crippen LogP contribution >= 0.6 is 0 Å². The quantitative estimate of drug-likeness (QED) is 0.766. The molecule has 1 fully saturated rings. The maximum Gasteiger partial charge on any atom is 0.251 e. The molecule has 2 aromatic carbocycles. The van der Waals surface area contributed by atoms with Gasteiger partial charge in [0.15, 0.2) is 0 Å².